The van der Waals surface area contributed by atoms with E-state index in [4.69, 9.17) is 0 Å². The summed E-state index contributed by atoms with van der Waals surface area (Å²) >= 11 is 3.19. The van der Waals surface area contributed by atoms with Crippen LogP contribution < -0.4 is 5.32 Å². The lowest BCUT2D eigenvalue weighted by Gasteiger charge is -2.07. The van der Waals surface area contributed by atoms with Crippen LogP contribution in [0.5, 0.6) is 0 Å². The molecule has 1 aromatic carbocycles. The summed E-state index contributed by atoms with van der Waals surface area (Å²) in [6.07, 6.45) is 0. The average Bonchev–Trinajstić information content (AvgIpc) is 3.11. The summed E-state index contributed by atoms with van der Waals surface area (Å²) in [6, 6.07) is 10.1. The highest BCUT2D eigenvalue weighted by Gasteiger charge is 2.14. The second-order valence-electron chi connectivity index (χ2n) is 5.22. The number of thiazole rings is 1. The highest BCUT2D eigenvalue weighted by atomic mass is 32.1. The Hall–Kier alpha value is -1.98. The molecular formula is C17H16N2OS2. The quantitative estimate of drug-likeness (QED) is 0.731. The van der Waals surface area contributed by atoms with Gasteiger partial charge in [0.05, 0.1) is 4.88 Å². The number of rotatable bonds is 3. The molecule has 0 bridgehead atoms. The molecule has 0 saturated carbocycles. The van der Waals surface area contributed by atoms with E-state index in [0.717, 1.165) is 26.7 Å². The number of carbonyl (C=O) groups excluding carboxylic acids is 1. The van der Waals surface area contributed by atoms with Crippen molar-refractivity contribution >= 4 is 34.3 Å². The van der Waals surface area contributed by atoms with E-state index in [2.05, 4.69) is 23.3 Å². The van der Waals surface area contributed by atoms with Gasteiger partial charge in [-0.25, -0.2) is 4.98 Å². The minimum absolute atomic E-state index is 0.163. The monoisotopic (exact) mass is 328 g/mol. The van der Waals surface area contributed by atoms with E-state index in [-0.39, 0.29) is 5.91 Å². The molecule has 5 heteroatoms. The minimum Gasteiger partial charge on any atom is -0.320 e. The van der Waals surface area contributed by atoms with Crippen molar-refractivity contribution < 1.29 is 4.79 Å². The topological polar surface area (TPSA) is 42.0 Å². The zero-order chi connectivity index (χ0) is 15.7. The Morgan fingerprint density at radius 1 is 1.14 bits per heavy atom. The van der Waals surface area contributed by atoms with E-state index < -0.39 is 0 Å². The van der Waals surface area contributed by atoms with Gasteiger partial charge in [0.1, 0.15) is 10.7 Å². The predicted molar refractivity (Wildman–Crippen MR) is 94.0 cm³/mol. The molecule has 0 atom stereocenters. The third-order valence-corrected chi connectivity index (χ3v) is 5.34. The summed E-state index contributed by atoms with van der Waals surface area (Å²) in [5.74, 6) is -0.163. The number of hydrogen-bond acceptors (Lipinski definition) is 4. The van der Waals surface area contributed by atoms with Crippen LogP contribution in [-0.4, -0.2) is 10.9 Å². The van der Waals surface area contributed by atoms with Crippen molar-refractivity contribution in [3.8, 4) is 9.88 Å². The number of anilines is 1. The molecule has 1 amide bonds. The minimum atomic E-state index is -0.163. The standard InChI is InChI=1S/C17H16N2OS2/c1-10-4-5-11(2)13(8-10)18-16(20)14-9-21-17(19-14)15-7-6-12(3)22-15/h4-9H,1-3H3,(H,18,20). The first-order valence-corrected chi connectivity index (χ1v) is 8.63. The van der Waals surface area contributed by atoms with Gasteiger partial charge in [0, 0.05) is 15.9 Å². The summed E-state index contributed by atoms with van der Waals surface area (Å²) in [5, 5.41) is 5.65. The number of nitrogens with one attached hydrogen (secondary N) is 1. The normalized spacial score (nSPS) is 10.7. The van der Waals surface area contributed by atoms with Gasteiger partial charge in [-0.1, -0.05) is 12.1 Å². The van der Waals surface area contributed by atoms with E-state index >= 15 is 0 Å². The Balaban J connectivity index is 1.81. The zero-order valence-electron chi connectivity index (χ0n) is 12.6. The average molecular weight is 328 g/mol. The summed E-state index contributed by atoms with van der Waals surface area (Å²) < 4.78 is 0. The molecule has 112 valence electrons. The second kappa shape index (κ2) is 6.02. The molecule has 3 aromatic rings. The molecule has 0 unspecified atom stereocenters. The molecule has 3 rings (SSSR count). The van der Waals surface area contributed by atoms with Gasteiger partial charge in [-0.15, -0.1) is 22.7 Å². The number of aromatic nitrogens is 1. The summed E-state index contributed by atoms with van der Waals surface area (Å²) in [4.78, 5) is 19.2. The molecule has 0 fully saturated rings. The van der Waals surface area contributed by atoms with Crippen LogP contribution in [-0.2, 0) is 0 Å². The molecule has 0 aliphatic heterocycles. The number of hydrogen-bond donors (Lipinski definition) is 1. The molecule has 2 heterocycles. The molecule has 22 heavy (non-hydrogen) atoms. The number of carbonyl (C=O) groups is 1. The third-order valence-electron chi connectivity index (χ3n) is 3.33. The van der Waals surface area contributed by atoms with Crippen molar-refractivity contribution in [3.63, 3.8) is 0 Å². The number of nitrogens with zero attached hydrogens (tertiary/aromatic N) is 1. The lowest BCUT2D eigenvalue weighted by molar-refractivity contribution is 0.102. The van der Waals surface area contributed by atoms with Gasteiger partial charge in [-0.05, 0) is 50.1 Å². The van der Waals surface area contributed by atoms with Gasteiger partial charge in [0.25, 0.3) is 5.91 Å². The van der Waals surface area contributed by atoms with Crippen LogP contribution in [0.3, 0.4) is 0 Å². The maximum atomic E-state index is 12.4. The summed E-state index contributed by atoms with van der Waals surface area (Å²) in [6.45, 7) is 6.06. The van der Waals surface area contributed by atoms with Crippen molar-refractivity contribution in [2.24, 2.45) is 0 Å². The Labute approximate surface area is 137 Å². The van der Waals surface area contributed by atoms with Crippen LogP contribution in [0, 0.1) is 20.8 Å². The first kappa shape index (κ1) is 14.9. The lowest BCUT2D eigenvalue weighted by atomic mass is 10.1. The highest BCUT2D eigenvalue weighted by Crippen LogP contribution is 2.30. The smallest absolute Gasteiger partial charge is 0.275 e. The van der Waals surface area contributed by atoms with Crippen molar-refractivity contribution in [1.29, 1.82) is 0 Å². The number of amides is 1. The van der Waals surface area contributed by atoms with Crippen LogP contribution in [0.2, 0.25) is 0 Å². The molecule has 0 saturated heterocycles. The number of aryl methyl sites for hydroxylation is 3. The van der Waals surface area contributed by atoms with Gasteiger partial charge in [0.2, 0.25) is 0 Å². The number of benzene rings is 1. The molecule has 0 radical (unpaired) electrons. The first-order valence-electron chi connectivity index (χ1n) is 6.94. The first-order chi connectivity index (χ1) is 10.5. The van der Waals surface area contributed by atoms with Crippen LogP contribution in [0.4, 0.5) is 5.69 Å². The van der Waals surface area contributed by atoms with Crippen LogP contribution >= 0.6 is 22.7 Å². The zero-order valence-corrected chi connectivity index (χ0v) is 14.3. The van der Waals surface area contributed by atoms with Crippen LogP contribution in [0.15, 0.2) is 35.7 Å². The maximum Gasteiger partial charge on any atom is 0.275 e. The van der Waals surface area contributed by atoms with E-state index in [0.29, 0.717) is 5.69 Å². The molecule has 3 nitrogen and oxygen atoms in total. The fraction of sp³-hybridized carbons (Fsp3) is 0.176. The molecular weight excluding hydrogens is 312 g/mol. The van der Waals surface area contributed by atoms with Gasteiger partial charge in [-0.3, -0.25) is 4.79 Å². The third kappa shape index (κ3) is 3.10. The summed E-state index contributed by atoms with van der Waals surface area (Å²) in [5.41, 5.74) is 3.47. The van der Waals surface area contributed by atoms with Crippen LogP contribution in [0.1, 0.15) is 26.5 Å². The van der Waals surface area contributed by atoms with E-state index in [1.165, 1.54) is 16.2 Å². The van der Waals surface area contributed by atoms with E-state index in [1.807, 2.05) is 43.5 Å². The van der Waals surface area contributed by atoms with Gasteiger partial charge < -0.3 is 5.32 Å². The lowest BCUT2D eigenvalue weighted by Crippen LogP contribution is -2.13. The Morgan fingerprint density at radius 3 is 2.68 bits per heavy atom. The Morgan fingerprint density at radius 2 is 1.95 bits per heavy atom. The fourth-order valence-corrected chi connectivity index (χ4v) is 3.84. The van der Waals surface area contributed by atoms with Gasteiger partial charge in [0.15, 0.2) is 0 Å². The molecule has 0 aliphatic rings. The number of thiophene rings is 1. The molecule has 1 N–H and O–H groups in total. The van der Waals surface area contributed by atoms with Gasteiger partial charge in [-0.2, -0.15) is 0 Å². The molecule has 2 aromatic heterocycles. The predicted octanol–water partition coefficient (Wildman–Crippen LogP) is 5.05. The Bertz CT molecular complexity index is 833. The van der Waals surface area contributed by atoms with Crippen molar-refractivity contribution in [1.82, 2.24) is 4.98 Å². The van der Waals surface area contributed by atoms with Crippen LogP contribution in [0.25, 0.3) is 9.88 Å². The molecule has 0 spiro atoms. The van der Waals surface area contributed by atoms with Gasteiger partial charge >= 0.3 is 0 Å². The van der Waals surface area contributed by atoms with Crippen molar-refractivity contribution in [2.75, 3.05) is 5.32 Å². The van der Waals surface area contributed by atoms with Crippen molar-refractivity contribution in [2.45, 2.75) is 20.8 Å². The van der Waals surface area contributed by atoms with E-state index in [9.17, 15) is 4.79 Å². The largest absolute Gasteiger partial charge is 0.320 e. The Kier molecular flexibility index (Phi) is 4.09. The maximum absolute atomic E-state index is 12.4. The highest BCUT2D eigenvalue weighted by molar-refractivity contribution is 7.21. The fourth-order valence-electron chi connectivity index (χ4n) is 2.10. The molecule has 0 aliphatic carbocycles. The summed E-state index contributed by atoms with van der Waals surface area (Å²) in [7, 11) is 0. The second-order valence-corrected chi connectivity index (χ2v) is 7.37. The van der Waals surface area contributed by atoms with Crippen molar-refractivity contribution in [3.05, 3.63) is 57.4 Å². The SMILES string of the molecule is Cc1ccc(C)c(NC(=O)c2csc(-c3ccc(C)s3)n2)c1. The van der Waals surface area contributed by atoms with E-state index in [1.54, 1.807) is 11.3 Å².